The summed E-state index contributed by atoms with van der Waals surface area (Å²) in [5.74, 6) is 0. The first kappa shape index (κ1) is 21.2. The molecule has 0 aliphatic heterocycles. The summed E-state index contributed by atoms with van der Waals surface area (Å²) in [4.78, 5) is 0. The van der Waals surface area contributed by atoms with Gasteiger partial charge < -0.3 is 0 Å². The van der Waals surface area contributed by atoms with Gasteiger partial charge in [0.15, 0.2) is 0 Å². The molecule has 7 rings (SSSR count). The number of benzene rings is 5. The highest BCUT2D eigenvalue weighted by Gasteiger charge is 2.39. The SMILES string of the molecule is Bc1ccc2c(c1)=C(c1ccc3ccccc3c1)C1(C)CC=CC=C1C=2c1ccc2ccccc2c1. The first-order valence-electron chi connectivity index (χ1n) is 12.8. The molecule has 0 saturated carbocycles. The standard InChI is InChI=1S/C35H27B/c1-35-19-7-6-12-32(35)33(27-15-13-23-8-2-4-10-25(23)20-27)30-18-17-29(36)22-31(30)34(35)28-16-14-24-9-3-5-11-26(24)21-28/h2-18,20-22H,19,36H2,1H3. The minimum atomic E-state index is -0.112. The van der Waals surface area contributed by atoms with Crippen LogP contribution in [0.2, 0.25) is 0 Å². The fraction of sp³-hybridized carbons (Fsp3) is 0.0857. The normalized spacial score (nSPS) is 18.8. The van der Waals surface area contributed by atoms with Crippen molar-refractivity contribution in [2.45, 2.75) is 13.3 Å². The van der Waals surface area contributed by atoms with E-state index < -0.39 is 0 Å². The van der Waals surface area contributed by atoms with E-state index in [1.807, 2.05) is 0 Å². The Kier molecular flexibility index (Phi) is 4.69. The van der Waals surface area contributed by atoms with E-state index in [4.69, 9.17) is 0 Å². The summed E-state index contributed by atoms with van der Waals surface area (Å²) in [5, 5.41) is 7.84. The zero-order valence-corrected chi connectivity index (χ0v) is 20.8. The Labute approximate surface area is 213 Å². The van der Waals surface area contributed by atoms with Crippen molar-refractivity contribution in [2.24, 2.45) is 5.41 Å². The number of rotatable bonds is 2. The van der Waals surface area contributed by atoms with Gasteiger partial charge in [-0.25, -0.2) is 0 Å². The molecule has 1 heteroatoms. The summed E-state index contributed by atoms with van der Waals surface area (Å²) in [6.07, 6.45) is 7.93. The Morgan fingerprint density at radius 3 is 2.00 bits per heavy atom. The summed E-state index contributed by atoms with van der Waals surface area (Å²) in [5.41, 5.74) is 8.02. The van der Waals surface area contributed by atoms with Crippen LogP contribution in [-0.2, 0) is 0 Å². The van der Waals surface area contributed by atoms with Crippen LogP contribution in [0, 0.1) is 5.41 Å². The molecule has 0 heterocycles. The summed E-state index contributed by atoms with van der Waals surface area (Å²) in [6.45, 7) is 2.44. The topological polar surface area (TPSA) is 0 Å². The molecule has 0 spiro atoms. The van der Waals surface area contributed by atoms with Crippen LogP contribution in [0.15, 0.2) is 127 Å². The molecular formula is C35H27B. The molecule has 1 unspecified atom stereocenters. The van der Waals surface area contributed by atoms with E-state index >= 15 is 0 Å². The van der Waals surface area contributed by atoms with Gasteiger partial charge >= 0.3 is 0 Å². The maximum absolute atomic E-state index is 2.44. The molecule has 0 amide bonds. The third kappa shape index (κ3) is 3.16. The molecule has 0 radical (unpaired) electrons. The zero-order valence-electron chi connectivity index (χ0n) is 20.8. The molecule has 0 nitrogen and oxygen atoms in total. The second-order valence-electron chi connectivity index (χ2n) is 10.5. The van der Waals surface area contributed by atoms with Gasteiger partial charge in [0.05, 0.1) is 0 Å². The van der Waals surface area contributed by atoms with Crippen LogP contribution in [-0.4, -0.2) is 7.85 Å². The van der Waals surface area contributed by atoms with Gasteiger partial charge in [0.2, 0.25) is 0 Å². The number of allylic oxidation sites excluding steroid dienone is 4. The van der Waals surface area contributed by atoms with E-state index in [0.29, 0.717) is 0 Å². The number of hydrogen-bond donors (Lipinski definition) is 0. The van der Waals surface area contributed by atoms with E-state index in [-0.39, 0.29) is 5.41 Å². The highest BCUT2D eigenvalue weighted by molar-refractivity contribution is 6.32. The van der Waals surface area contributed by atoms with Crippen molar-refractivity contribution < 1.29 is 0 Å². The van der Waals surface area contributed by atoms with Crippen molar-refractivity contribution in [3.63, 3.8) is 0 Å². The lowest BCUT2D eigenvalue weighted by Crippen LogP contribution is -2.44. The first-order chi connectivity index (χ1) is 17.6. The molecule has 0 saturated heterocycles. The van der Waals surface area contributed by atoms with Gasteiger partial charge in [0.25, 0.3) is 0 Å². The Balaban J connectivity index is 1.64. The van der Waals surface area contributed by atoms with Gasteiger partial charge in [-0.1, -0.05) is 122 Å². The van der Waals surface area contributed by atoms with Gasteiger partial charge in [0.1, 0.15) is 7.85 Å². The van der Waals surface area contributed by atoms with Crippen molar-refractivity contribution in [3.05, 3.63) is 148 Å². The van der Waals surface area contributed by atoms with Crippen LogP contribution in [0.1, 0.15) is 24.5 Å². The van der Waals surface area contributed by atoms with Crippen LogP contribution in [0.25, 0.3) is 32.7 Å². The summed E-state index contributed by atoms with van der Waals surface area (Å²) in [6, 6.07) is 38.3. The maximum Gasteiger partial charge on any atom is 0.139 e. The first-order valence-corrected chi connectivity index (χ1v) is 12.8. The van der Waals surface area contributed by atoms with Gasteiger partial charge in [-0.05, 0) is 78.4 Å². The van der Waals surface area contributed by atoms with Crippen LogP contribution in [0.4, 0.5) is 0 Å². The fourth-order valence-corrected chi connectivity index (χ4v) is 6.36. The quantitative estimate of drug-likeness (QED) is 0.304. The summed E-state index contributed by atoms with van der Waals surface area (Å²) < 4.78 is 0. The molecule has 2 aliphatic carbocycles. The molecule has 0 bridgehead atoms. The van der Waals surface area contributed by atoms with E-state index in [2.05, 4.69) is 136 Å². The van der Waals surface area contributed by atoms with Gasteiger partial charge in [-0.3, -0.25) is 0 Å². The maximum atomic E-state index is 2.44. The molecule has 1 atom stereocenters. The van der Waals surface area contributed by atoms with Gasteiger partial charge in [0, 0.05) is 5.41 Å². The highest BCUT2D eigenvalue weighted by atomic mass is 14.4. The third-order valence-electron chi connectivity index (χ3n) is 8.13. The van der Waals surface area contributed by atoms with Gasteiger partial charge in [-0.15, -0.1) is 0 Å². The summed E-state index contributed by atoms with van der Waals surface area (Å²) in [7, 11) is 2.21. The van der Waals surface area contributed by atoms with Crippen LogP contribution < -0.4 is 15.9 Å². The lowest BCUT2D eigenvalue weighted by Gasteiger charge is -2.40. The average molecular weight is 458 g/mol. The predicted octanol–water partition coefficient (Wildman–Crippen LogP) is 5.56. The average Bonchev–Trinajstić information content (AvgIpc) is 2.91. The molecule has 170 valence electrons. The molecule has 0 aromatic heterocycles. The monoisotopic (exact) mass is 458 g/mol. The van der Waals surface area contributed by atoms with Crippen molar-refractivity contribution >= 4 is 46.0 Å². The Bertz CT molecular complexity index is 1890. The van der Waals surface area contributed by atoms with E-state index in [0.717, 1.165) is 6.42 Å². The third-order valence-corrected chi connectivity index (χ3v) is 8.13. The summed E-state index contributed by atoms with van der Waals surface area (Å²) >= 11 is 0. The predicted molar refractivity (Wildman–Crippen MR) is 157 cm³/mol. The molecular weight excluding hydrogens is 431 g/mol. The molecule has 2 aliphatic rings. The second-order valence-corrected chi connectivity index (χ2v) is 10.5. The lowest BCUT2D eigenvalue weighted by molar-refractivity contribution is 0.547. The van der Waals surface area contributed by atoms with Crippen molar-refractivity contribution in [1.82, 2.24) is 0 Å². The molecule has 36 heavy (non-hydrogen) atoms. The minimum Gasteiger partial charge on any atom is -0.0883 e. The molecule has 5 aromatic rings. The largest absolute Gasteiger partial charge is 0.139 e. The second kappa shape index (κ2) is 7.97. The number of hydrogen-bond acceptors (Lipinski definition) is 0. The van der Waals surface area contributed by atoms with Crippen molar-refractivity contribution in [2.75, 3.05) is 0 Å². The van der Waals surface area contributed by atoms with Crippen molar-refractivity contribution in [1.29, 1.82) is 0 Å². The Morgan fingerprint density at radius 1 is 0.639 bits per heavy atom. The lowest BCUT2D eigenvalue weighted by atomic mass is 9.62. The van der Waals surface area contributed by atoms with Crippen LogP contribution >= 0.6 is 0 Å². The van der Waals surface area contributed by atoms with E-state index in [9.17, 15) is 0 Å². The highest BCUT2D eigenvalue weighted by Crippen LogP contribution is 2.50. The van der Waals surface area contributed by atoms with Gasteiger partial charge in [-0.2, -0.15) is 0 Å². The number of fused-ring (bicyclic) bond motifs is 4. The molecule has 0 fully saturated rings. The van der Waals surface area contributed by atoms with Crippen LogP contribution in [0.5, 0.6) is 0 Å². The Morgan fingerprint density at radius 2 is 1.28 bits per heavy atom. The smallest absolute Gasteiger partial charge is 0.0883 e. The fourth-order valence-electron chi connectivity index (χ4n) is 6.36. The minimum absolute atomic E-state index is 0.112. The van der Waals surface area contributed by atoms with Crippen molar-refractivity contribution in [3.8, 4) is 0 Å². The van der Waals surface area contributed by atoms with Crippen LogP contribution in [0.3, 0.4) is 0 Å². The molecule has 5 aromatic carbocycles. The Hall–Kier alpha value is -4.10. The zero-order chi connectivity index (χ0) is 24.3. The van der Waals surface area contributed by atoms with E-state index in [1.54, 1.807) is 0 Å². The van der Waals surface area contributed by atoms with E-state index in [1.165, 1.54) is 65.3 Å². The molecule has 0 N–H and O–H groups in total.